The quantitative estimate of drug-likeness (QED) is 0.594. The monoisotopic (exact) mass is 169 g/mol. The maximum absolute atomic E-state index is 5.90. The summed E-state index contributed by atoms with van der Waals surface area (Å²) in [5.74, 6) is 0. The van der Waals surface area contributed by atoms with Crippen LogP contribution in [0.2, 0.25) is 0 Å². The Morgan fingerprint density at radius 1 is 1.25 bits per heavy atom. The SMILES string of the molecule is CC1(C)CCC2(CNCCO2)C1. The van der Waals surface area contributed by atoms with Gasteiger partial charge in [0.05, 0.1) is 12.2 Å². The maximum atomic E-state index is 5.90. The van der Waals surface area contributed by atoms with Crippen molar-refractivity contribution in [1.82, 2.24) is 5.32 Å². The Hall–Kier alpha value is -0.0800. The summed E-state index contributed by atoms with van der Waals surface area (Å²) in [5, 5.41) is 3.43. The molecule has 2 fully saturated rings. The molecule has 0 radical (unpaired) electrons. The van der Waals surface area contributed by atoms with Gasteiger partial charge in [-0.2, -0.15) is 0 Å². The third-order valence-corrected chi connectivity index (χ3v) is 3.19. The predicted molar refractivity (Wildman–Crippen MR) is 49.2 cm³/mol. The van der Waals surface area contributed by atoms with Crippen molar-refractivity contribution in [2.75, 3.05) is 19.7 Å². The summed E-state index contributed by atoms with van der Waals surface area (Å²) in [6.45, 7) is 7.69. The Balaban J connectivity index is 2.03. The zero-order valence-corrected chi connectivity index (χ0v) is 8.15. The number of hydrogen-bond acceptors (Lipinski definition) is 2. The second-order valence-electron chi connectivity index (χ2n) is 5.05. The highest BCUT2D eigenvalue weighted by Gasteiger charge is 2.44. The van der Waals surface area contributed by atoms with Gasteiger partial charge in [0.2, 0.25) is 0 Å². The summed E-state index contributed by atoms with van der Waals surface area (Å²) < 4.78 is 5.90. The van der Waals surface area contributed by atoms with Gasteiger partial charge in [0.15, 0.2) is 0 Å². The molecule has 2 aliphatic rings. The fourth-order valence-corrected chi connectivity index (χ4v) is 2.60. The van der Waals surface area contributed by atoms with Gasteiger partial charge in [0.1, 0.15) is 0 Å². The lowest BCUT2D eigenvalue weighted by atomic mass is 9.89. The van der Waals surface area contributed by atoms with Crippen LogP contribution < -0.4 is 5.32 Å². The van der Waals surface area contributed by atoms with E-state index in [0.717, 1.165) is 19.7 Å². The van der Waals surface area contributed by atoms with Crippen LogP contribution in [0.1, 0.15) is 33.1 Å². The van der Waals surface area contributed by atoms with Gasteiger partial charge in [-0.3, -0.25) is 0 Å². The lowest BCUT2D eigenvalue weighted by molar-refractivity contribution is -0.0660. The van der Waals surface area contributed by atoms with Crippen LogP contribution >= 0.6 is 0 Å². The van der Waals surface area contributed by atoms with Crippen LogP contribution in [0.25, 0.3) is 0 Å². The number of ether oxygens (including phenoxy) is 1. The van der Waals surface area contributed by atoms with E-state index in [9.17, 15) is 0 Å². The zero-order valence-electron chi connectivity index (χ0n) is 8.15. The Bertz CT molecular complexity index is 171. The smallest absolute Gasteiger partial charge is 0.0812 e. The van der Waals surface area contributed by atoms with Gasteiger partial charge in [-0.25, -0.2) is 0 Å². The molecule has 1 spiro atoms. The summed E-state index contributed by atoms with van der Waals surface area (Å²) in [5.41, 5.74) is 0.695. The van der Waals surface area contributed by atoms with Crippen LogP contribution in [0.15, 0.2) is 0 Å². The van der Waals surface area contributed by atoms with Gasteiger partial charge in [0, 0.05) is 13.1 Å². The van der Waals surface area contributed by atoms with Crippen LogP contribution in [-0.4, -0.2) is 25.3 Å². The molecule has 1 atom stereocenters. The Kier molecular flexibility index (Phi) is 1.92. The molecule has 0 amide bonds. The summed E-state index contributed by atoms with van der Waals surface area (Å²) in [6.07, 6.45) is 3.79. The van der Waals surface area contributed by atoms with Gasteiger partial charge in [0.25, 0.3) is 0 Å². The van der Waals surface area contributed by atoms with Crippen molar-refractivity contribution < 1.29 is 4.74 Å². The number of morpholine rings is 1. The fourth-order valence-electron chi connectivity index (χ4n) is 2.60. The molecule has 2 rings (SSSR count). The third kappa shape index (κ3) is 1.50. The molecule has 1 heterocycles. The Morgan fingerprint density at radius 2 is 2.08 bits per heavy atom. The van der Waals surface area contributed by atoms with Gasteiger partial charge >= 0.3 is 0 Å². The predicted octanol–water partition coefficient (Wildman–Crippen LogP) is 1.56. The van der Waals surface area contributed by atoms with Crippen LogP contribution in [0.4, 0.5) is 0 Å². The molecule has 0 aromatic rings. The van der Waals surface area contributed by atoms with E-state index in [1.54, 1.807) is 0 Å². The molecule has 1 aliphatic heterocycles. The minimum absolute atomic E-state index is 0.196. The molecule has 1 N–H and O–H groups in total. The standard InChI is InChI=1S/C10H19NO/c1-9(2)3-4-10(7-9)8-11-5-6-12-10/h11H,3-8H2,1-2H3. The number of hydrogen-bond donors (Lipinski definition) is 1. The van der Waals surface area contributed by atoms with Crippen molar-refractivity contribution in [3.05, 3.63) is 0 Å². The highest BCUT2D eigenvalue weighted by Crippen LogP contribution is 2.45. The first-order valence-electron chi connectivity index (χ1n) is 4.97. The van der Waals surface area contributed by atoms with Gasteiger partial charge in [-0.1, -0.05) is 13.8 Å². The van der Waals surface area contributed by atoms with E-state index in [2.05, 4.69) is 19.2 Å². The second-order valence-corrected chi connectivity index (χ2v) is 5.05. The van der Waals surface area contributed by atoms with Crippen LogP contribution in [0, 0.1) is 5.41 Å². The summed E-state index contributed by atoms with van der Waals surface area (Å²) >= 11 is 0. The molecule has 0 aromatic heterocycles. The molecule has 1 unspecified atom stereocenters. The molecule has 0 aromatic carbocycles. The van der Waals surface area contributed by atoms with Crippen molar-refractivity contribution in [3.8, 4) is 0 Å². The van der Waals surface area contributed by atoms with E-state index in [1.165, 1.54) is 19.3 Å². The first kappa shape index (κ1) is 8.52. The molecule has 1 saturated carbocycles. The average molecular weight is 169 g/mol. The largest absolute Gasteiger partial charge is 0.372 e. The van der Waals surface area contributed by atoms with E-state index < -0.39 is 0 Å². The zero-order chi connectivity index (χ0) is 8.66. The highest BCUT2D eigenvalue weighted by molar-refractivity contribution is 4.98. The topological polar surface area (TPSA) is 21.3 Å². The summed E-state index contributed by atoms with van der Waals surface area (Å²) in [6, 6.07) is 0. The van der Waals surface area contributed by atoms with Crippen molar-refractivity contribution in [2.24, 2.45) is 5.41 Å². The maximum Gasteiger partial charge on any atom is 0.0812 e. The van der Waals surface area contributed by atoms with Crippen LogP contribution in [0.5, 0.6) is 0 Å². The third-order valence-electron chi connectivity index (χ3n) is 3.19. The summed E-state index contributed by atoms with van der Waals surface area (Å²) in [7, 11) is 0. The molecule has 2 nitrogen and oxygen atoms in total. The van der Waals surface area contributed by atoms with Crippen molar-refractivity contribution in [1.29, 1.82) is 0 Å². The van der Waals surface area contributed by atoms with Crippen LogP contribution in [0.3, 0.4) is 0 Å². The molecule has 2 heteroatoms. The fraction of sp³-hybridized carbons (Fsp3) is 1.00. The minimum Gasteiger partial charge on any atom is -0.372 e. The van der Waals surface area contributed by atoms with E-state index in [1.807, 2.05) is 0 Å². The lowest BCUT2D eigenvalue weighted by Crippen LogP contribution is -2.48. The Morgan fingerprint density at radius 3 is 2.58 bits per heavy atom. The molecule has 12 heavy (non-hydrogen) atoms. The summed E-state index contributed by atoms with van der Waals surface area (Å²) in [4.78, 5) is 0. The average Bonchev–Trinajstić information content (AvgIpc) is 2.29. The van der Waals surface area contributed by atoms with Gasteiger partial charge in [-0.05, 0) is 24.7 Å². The van der Waals surface area contributed by atoms with Gasteiger partial charge < -0.3 is 10.1 Å². The highest BCUT2D eigenvalue weighted by atomic mass is 16.5. The molecular formula is C10H19NO. The molecular weight excluding hydrogens is 150 g/mol. The first-order valence-corrected chi connectivity index (χ1v) is 4.97. The first-order chi connectivity index (χ1) is 5.62. The normalized spacial score (nSPS) is 40.5. The minimum atomic E-state index is 0.196. The molecule has 1 saturated heterocycles. The van der Waals surface area contributed by atoms with E-state index in [0.29, 0.717) is 5.41 Å². The number of rotatable bonds is 0. The van der Waals surface area contributed by atoms with Crippen molar-refractivity contribution >= 4 is 0 Å². The van der Waals surface area contributed by atoms with Gasteiger partial charge in [-0.15, -0.1) is 0 Å². The van der Waals surface area contributed by atoms with Crippen molar-refractivity contribution in [2.45, 2.75) is 38.7 Å². The second kappa shape index (κ2) is 2.71. The molecule has 70 valence electrons. The van der Waals surface area contributed by atoms with E-state index >= 15 is 0 Å². The Labute approximate surface area is 74.7 Å². The lowest BCUT2D eigenvalue weighted by Gasteiger charge is -2.35. The number of nitrogens with one attached hydrogen (secondary N) is 1. The van der Waals surface area contributed by atoms with Crippen LogP contribution in [-0.2, 0) is 4.74 Å². The molecule has 0 bridgehead atoms. The van der Waals surface area contributed by atoms with E-state index in [4.69, 9.17) is 4.74 Å². The molecule has 1 aliphatic carbocycles. The van der Waals surface area contributed by atoms with Crippen molar-refractivity contribution in [3.63, 3.8) is 0 Å². The van der Waals surface area contributed by atoms with E-state index in [-0.39, 0.29) is 5.60 Å².